The molecule has 186 valence electrons. The van der Waals surface area contributed by atoms with Crippen molar-refractivity contribution >= 4 is 29.1 Å². The van der Waals surface area contributed by atoms with Gasteiger partial charge in [-0.3, -0.25) is 9.69 Å². The first-order valence-corrected chi connectivity index (χ1v) is 12.2. The number of likely N-dealkylation sites (tertiary alicyclic amines) is 1. The number of hydrogen-bond acceptors (Lipinski definition) is 6. The number of carbonyl (C=O) groups excluding carboxylic acids is 1. The third kappa shape index (κ3) is 7.48. The first-order chi connectivity index (χ1) is 16.0. The number of aromatic hydroxyl groups is 1. The van der Waals surface area contributed by atoms with Crippen LogP contribution in [0, 0.1) is 0 Å². The van der Waals surface area contributed by atoms with Crippen LogP contribution in [0.4, 0.5) is 0 Å². The summed E-state index contributed by atoms with van der Waals surface area (Å²) in [7, 11) is 0. The van der Waals surface area contributed by atoms with Crippen LogP contribution in [0.1, 0.15) is 43.7 Å². The molecule has 1 heterocycles. The van der Waals surface area contributed by atoms with Gasteiger partial charge in [-0.1, -0.05) is 35.3 Å². The molecule has 1 saturated heterocycles. The van der Waals surface area contributed by atoms with Crippen molar-refractivity contribution in [3.05, 3.63) is 57.6 Å². The molecule has 0 spiro atoms. The predicted octanol–water partition coefficient (Wildman–Crippen LogP) is 3.67. The van der Waals surface area contributed by atoms with Crippen molar-refractivity contribution in [2.45, 2.75) is 50.8 Å². The van der Waals surface area contributed by atoms with Crippen molar-refractivity contribution in [1.82, 2.24) is 10.2 Å². The number of primary amides is 1. The molecule has 1 aliphatic heterocycles. The van der Waals surface area contributed by atoms with Crippen LogP contribution in [0.5, 0.6) is 11.5 Å². The van der Waals surface area contributed by atoms with Crippen molar-refractivity contribution < 1.29 is 19.7 Å². The molecule has 1 fully saturated rings. The zero-order chi connectivity index (χ0) is 24.9. The molecule has 0 saturated carbocycles. The number of phenolic OH excluding ortho intramolecular Hbond substituents is 1. The SMILES string of the molecule is CC(C(N)=O)c1cc(Cl)c(O)cc1OC[C@@](C)(O)CNC1CCN(Cc2ccc(Cl)cc2)CC1. The van der Waals surface area contributed by atoms with Gasteiger partial charge in [-0.15, -0.1) is 0 Å². The second kappa shape index (κ2) is 11.6. The van der Waals surface area contributed by atoms with Gasteiger partial charge < -0.3 is 26.0 Å². The van der Waals surface area contributed by atoms with Crippen molar-refractivity contribution in [3.63, 3.8) is 0 Å². The molecule has 2 aromatic rings. The maximum atomic E-state index is 11.7. The van der Waals surface area contributed by atoms with Gasteiger partial charge in [0.2, 0.25) is 5.91 Å². The Kier molecular flexibility index (Phi) is 9.07. The first kappa shape index (κ1) is 26.6. The average molecular weight is 510 g/mol. The zero-order valence-electron chi connectivity index (χ0n) is 19.6. The highest BCUT2D eigenvalue weighted by molar-refractivity contribution is 6.32. The normalized spacial score (nSPS) is 17.8. The minimum absolute atomic E-state index is 0.0328. The Morgan fingerprint density at radius 3 is 2.53 bits per heavy atom. The molecule has 0 aliphatic carbocycles. The fourth-order valence-electron chi connectivity index (χ4n) is 3.97. The predicted molar refractivity (Wildman–Crippen MR) is 135 cm³/mol. The van der Waals surface area contributed by atoms with E-state index in [9.17, 15) is 15.0 Å². The van der Waals surface area contributed by atoms with E-state index in [2.05, 4.69) is 22.3 Å². The van der Waals surface area contributed by atoms with Gasteiger partial charge in [0.15, 0.2) is 0 Å². The highest BCUT2D eigenvalue weighted by Crippen LogP contribution is 2.36. The van der Waals surface area contributed by atoms with E-state index in [1.807, 2.05) is 12.1 Å². The summed E-state index contributed by atoms with van der Waals surface area (Å²) in [5.41, 5.74) is 5.97. The monoisotopic (exact) mass is 509 g/mol. The minimum atomic E-state index is -1.16. The number of ether oxygens (including phenoxy) is 1. The topological polar surface area (TPSA) is 108 Å². The molecule has 2 aromatic carbocycles. The summed E-state index contributed by atoms with van der Waals surface area (Å²) in [5, 5.41) is 25.1. The smallest absolute Gasteiger partial charge is 0.224 e. The Morgan fingerprint density at radius 2 is 1.91 bits per heavy atom. The van der Waals surface area contributed by atoms with Crippen LogP contribution in [-0.2, 0) is 11.3 Å². The van der Waals surface area contributed by atoms with E-state index in [-0.39, 0.29) is 23.1 Å². The van der Waals surface area contributed by atoms with Crippen molar-refractivity contribution in [3.8, 4) is 11.5 Å². The summed E-state index contributed by atoms with van der Waals surface area (Å²) in [6.45, 7) is 6.47. The molecule has 3 rings (SSSR count). The molecule has 2 atom stereocenters. The Labute approximate surface area is 210 Å². The van der Waals surface area contributed by atoms with Gasteiger partial charge in [-0.25, -0.2) is 0 Å². The fraction of sp³-hybridized carbons (Fsp3) is 0.480. The molecule has 1 amide bonds. The Morgan fingerprint density at radius 1 is 1.26 bits per heavy atom. The molecule has 0 aromatic heterocycles. The lowest BCUT2D eigenvalue weighted by Gasteiger charge is -2.34. The number of nitrogens with two attached hydrogens (primary N) is 1. The number of rotatable bonds is 10. The molecule has 0 radical (unpaired) electrons. The maximum absolute atomic E-state index is 11.7. The van der Waals surface area contributed by atoms with Crippen molar-refractivity contribution in [2.24, 2.45) is 5.73 Å². The Hall–Kier alpha value is -2.03. The lowest BCUT2D eigenvalue weighted by atomic mass is 9.99. The molecular weight excluding hydrogens is 477 g/mol. The van der Waals surface area contributed by atoms with Crippen LogP contribution in [0.25, 0.3) is 0 Å². The highest BCUT2D eigenvalue weighted by Gasteiger charge is 2.27. The van der Waals surface area contributed by atoms with Gasteiger partial charge >= 0.3 is 0 Å². The minimum Gasteiger partial charge on any atom is -0.506 e. The molecular formula is C25H33Cl2N3O4. The van der Waals surface area contributed by atoms with E-state index in [0.29, 0.717) is 18.2 Å². The number of phenols is 1. The van der Waals surface area contributed by atoms with E-state index in [0.717, 1.165) is 37.5 Å². The molecule has 1 unspecified atom stereocenters. The zero-order valence-corrected chi connectivity index (χ0v) is 21.1. The van der Waals surface area contributed by atoms with Gasteiger partial charge in [0.25, 0.3) is 0 Å². The maximum Gasteiger partial charge on any atom is 0.224 e. The van der Waals surface area contributed by atoms with E-state index in [1.54, 1.807) is 13.8 Å². The summed E-state index contributed by atoms with van der Waals surface area (Å²) < 4.78 is 5.81. The second-order valence-electron chi connectivity index (χ2n) is 9.31. The van der Waals surface area contributed by atoms with E-state index < -0.39 is 17.4 Å². The largest absolute Gasteiger partial charge is 0.506 e. The number of piperidine rings is 1. The van der Waals surface area contributed by atoms with Crippen LogP contribution >= 0.6 is 23.2 Å². The third-order valence-electron chi connectivity index (χ3n) is 6.19. The number of amides is 1. The Balaban J connectivity index is 1.48. The van der Waals surface area contributed by atoms with Crippen LogP contribution in [0.3, 0.4) is 0 Å². The van der Waals surface area contributed by atoms with Crippen LogP contribution < -0.4 is 15.8 Å². The van der Waals surface area contributed by atoms with Crippen LogP contribution in [-0.4, -0.2) is 58.9 Å². The van der Waals surface area contributed by atoms with Gasteiger partial charge in [0.1, 0.15) is 23.7 Å². The van der Waals surface area contributed by atoms with E-state index in [4.69, 9.17) is 33.7 Å². The molecule has 0 bridgehead atoms. The molecule has 1 aliphatic rings. The summed E-state index contributed by atoms with van der Waals surface area (Å²) in [6, 6.07) is 11.1. The molecule has 5 N–H and O–H groups in total. The average Bonchev–Trinajstić information content (AvgIpc) is 2.80. The lowest BCUT2D eigenvalue weighted by molar-refractivity contribution is -0.119. The van der Waals surface area contributed by atoms with E-state index >= 15 is 0 Å². The van der Waals surface area contributed by atoms with Crippen LogP contribution in [0.15, 0.2) is 36.4 Å². The Bertz CT molecular complexity index is 977. The van der Waals surface area contributed by atoms with Crippen LogP contribution in [0.2, 0.25) is 10.0 Å². The fourth-order valence-corrected chi connectivity index (χ4v) is 4.26. The number of nitrogens with one attached hydrogen (secondary N) is 1. The summed E-state index contributed by atoms with van der Waals surface area (Å²) in [5.74, 6) is -1.10. The van der Waals surface area contributed by atoms with E-state index in [1.165, 1.54) is 17.7 Å². The number of halogens is 2. The van der Waals surface area contributed by atoms with Gasteiger partial charge in [0.05, 0.1) is 10.9 Å². The van der Waals surface area contributed by atoms with Crippen molar-refractivity contribution in [1.29, 1.82) is 0 Å². The number of carbonyl (C=O) groups is 1. The van der Waals surface area contributed by atoms with Gasteiger partial charge in [0, 0.05) is 35.8 Å². The number of nitrogens with zero attached hydrogens (tertiary/aromatic N) is 1. The summed E-state index contributed by atoms with van der Waals surface area (Å²) in [6.07, 6.45) is 1.96. The first-order valence-electron chi connectivity index (χ1n) is 11.4. The molecule has 7 nitrogen and oxygen atoms in total. The van der Waals surface area contributed by atoms with Crippen molar-refractivity contribution in [2.75, 3.05) is 26.2 Å². The lowest BCUT2D eigenvalue weighted by Crippen LogP contribution is -2.49. The standard InChI is InChI=1S/C25H33Cl2N3O4/c1-16(24(28)32)20-11-21(27)22(31)12-23(20)34-15-25(2,33)14-29-19-7-9-30(10-8-19)13-17-3-5-18(26)6-4-17/h3-6,11-12,16,19,29,31,33H,7-10,13-15H2,1-2H3,(H2,28,32)/t16?,25-/m0/s1. The molecule has 9 heteroatoms. The summed E-state index contributed by atoms with van der Waals surface area (Å²) >= 11 is 12.0. The third-order valence-corrected chi connectivity index (χ3v) is 6.74. The number of benzene rings is 2. The highest BCUT2D eigenvalue weighted by atomic mass is 35.5. The molecule has 34 heavy (non-hydrogen) atoms. The summed E-state index contributed by atoms with van der Waals surface area (Å²) in [4.78, 5) is 14.1. The number of aliphatic hydroxyl groups is 1. The van der Waals surface area contributed by atoms with Gasteiger partial charge in [-0.2, -0.15) is 0 Å². The van der Waals surface area contributed by atoms with Gasteiger partial charge in [-0.05, 0) is 63.5 Å². The second-order valence-corrected chi connectivity index (χ2v) is 10.2. The quantitative estimate of drug-likeness (QED) is 0.389. The number of hydrogen-bond donors (Lipinski definition) is 4.